The molecule has 0 bridgehead atoms. The van der Waals surface area contributed by atoms with Crippen molar-refractivity contribution in [3.05, 3.63) is 29.6 Å². The van der Waals surface area contributed by atoms with E-state index in [9.17, 15) is 5.11 Å². The Kier molecular flexibility index (Phi) is 2.90. The molecule has 0 aliphatic carbocycles. The summed E-state index contributed by atoms with van der Waals surface area (Å²) in [4.78, 5) is 3.88. The van der Waals surface area contributed by atoms with Gasteiger partial charge in [0.2, 0.25) is 0 Å². The number of hydrogen-bond acceptors (Lipinski definition) is 3. The van der Waals surface area contributed by atoms with Crippen LogP contribution in [0.1, 0.15) is 16.8 Å². The minimum atomic E-state index is -0.220. The zero-order valence-corrected chi connectivity index (χ0v) is 7.97. The first-order valence-electron chi connectivity index (χ1n) is 3.71. The molecule has 70 valence electrons. The van der Waals surface area contributed by atoms with Gasteiger partial charge in [-0.2, -0.15) is 0 Å². The largest absolute Gasteiger partial charge is 0.505 e. The van der Waals surface area contributed by atoms with Gasteiger partial charge in [-0.1, -0.05) is 18.2 Å². The first-order valence-corrected chi connectivity index (χ1v) is 4.08. The third-order valence-corrected chi connectivity index (χ3v) is 1.95. The minimum absolute atomic E-state index is 0.0217. The monoisotopic (exact) mass is 199 g/mol. The lowest BCUT2D eigenvalue weighted by Gasteiger charge is -2.09. The molecule has 0 fully saturated rings. The van der Waals surface area contributed by atoms with Gasteiger partial charge in [0.1, 0.15) is 5.75 Å². The number of halogens is 1. The Morgan fingerprint density at radius 2 is 2.31 bits per heavy atom. The quantitative estimate of drug-likeness (QED) is 0.764. The summed E-state index contributed by atoms with van der Waals surface area (Å²) in [5.74, 6) is -0.0217. The number of aliphatic hydroxyl groups is 1. The van der Waals surface area contributed by atoms with Crippen LogP contribution in [-0.2, 0) is 6.61 Å². The zero-order valence-electron chi connectivity index (χ0n) is 7.21. The third-order valence-electron chi connectivity index (χ3n) is 1.76. The van der Waals surface area contributed by atoms with Crippen LogP contribution < -0.4 is 0 Å². The molecule has 1 heterocycles. The molecule has 3 nitrogen and oxygen atoms in total. The molecule has 2 N–H and O–H groups in total. The fraction of sp³-hybridized carbons (Fsp3) is 0.222. The maximum Gasteiger partial charge on any atom is 0.145 e. The van der Waals surface area contributed by atoms with Crippen molar-refractivity contribution in [3.63, 3.8) is 0 Å². The minimum Gasteiger partial charge on any atom is -0.505 e. The lowest BCUT2D eigenvalue weighted by Crippen LogP contribution is -1.95. The summed E-state index contributed by atoms with van der Waals surface area (Å²) in [6.07, 6.45) is 1.47. The van der Waals surface area contributed by atoms with E-state index in [1.165, 1.54) is 6.20 Å². The van der Waals surface area contributed by atoms with Crippen LogP contribution >= 0.6 is 11.6 Å². The molecule has 0 aliphatic rings. The highest BCUT2D eigenvalue weighted by atomic mass is 35.5. The van der Waals surface area contributed by atoms with Gasteiger partial charge in [0.15, 0.2) is 0 Å². The molecule has 0 aromatic carbocycles. The molecule has 4 heteroatoms. The predicted octanol–water partition coefficient (Wildman–Crippen LogP) is 1.80. The standard InChI is InChI=1S/C9H10ClNO2/c1-5(10)8-7(4-12)3-11-6(2)9(8)13/h3,12-13H,1,4H2,2H3. The maximum absolute atomic E-state index is 9.56. The SMILES string of the molecule is C=C(Cl)c1c(CO)cnc(C)c1O. The van der Waals surface area contributed by atoms with Gasteiger partial charge in [-0.15, -0.1) is 0 Å². The summed E-state index contributed by atoms with van der Waals surface area (Å²) in [5.41, 5.74) is 1.31. The molecular weight excluding hydrogens is 190 g/mol. The molecule has 1 aromatic heterocycles. The highest BCUT2D eigenvalue weighted by Crippen LogP contribution is 2.31. The molecule has 1 rings (SSSR count). The van der Waals surface area contributed by atoms with E-state index >= 15 is 0 Å². The van der Waals surface area contributed by atoms with Crippen LogP contribution in [0.4, 0.5) is 0 Å². The van der Waals surface area contributed by atoms with Crippen LogP contribution in [0.2, 0.25) is 0 Å². The van der Waals surface area contributed by atoms with E-state index in [2.05, 4.69) is 11.6 Å². The number of rotatable bonds is 2. The van der Waals surface area contributed by atoms with Crippen LogP contribution in [0.3, 0.4) is 0 Å². The molecule has 0 radical (unpaired) electrons. The van der Waals surface area contributed by atoms with Gasteiger partial charge in [0.05, 0.1) is 12.3 Å². The number of nitrogens with zero attached hydrogens (tertiary/aromatic N) is 1. The third kappa shape index (κ3) is 1.82. The number of aromatic nitrogens is 1. The Morgan fingerprint density at radius 1 is 1.69 bits per heavy atom. The van der Waals surface area contributed by atoms with Crippen molar-refractivity contribution in [1.29, 1.82) is 0 Å². The second-order valence-corrected chi connectivity index (χ2v) is 3.11. The maximum atomic E-state index is 9.56. The molecule has 13 heavy (non-hydrogen) atoms. The van der Waals surface area contributed by atoms with Gasteiger partial charge < -0.3 is 10.2 Å². The average molecular weight is 200 g/mol. The summed E-state index contributed by atoms with van der Waals surface area (Å²) in [6.45, 7) is 4.93. The Balaban J connectivity index is 3.41. The van der Waals surface area contributed by atoms with Crippen molar-refractivity contribution in [2.45, 2.75) is 13.5 Å². The molecule has 0 aliphatic heterocycles. The van der Waals surface area contributed by atoms with E-state index in [1.54, 1.807) is 6.92 Å². The smallest absolute Gasteiger partial charge is 0.145 e. The van der Waals surface area contributed by atoms with E-state index in [4.69, 9.17) is 16.7 Å². The van der Waals surface area contributed by atoms with Gasteiger partial charge >= 0.3 is 0 Å². The predicted molar refractivity (Wildman–Crippen MR) is 51.4 cm³/mol. The molecule has 0 amide bonds. The number of pyridine rings is 1. The number of aromatic hydroxyl groups is 1. The van der Waals surface area contributed by atoms with E-state index in [0.717, 1.165) is 0 Å². The lowest BCUT2D eigenvalue weighted by molar-refractivity contribution is 0.280. The first kappa shape index (κ1) is 10.0. The van der Waals surface area contributed by atoms with Gasteiger partial charge in [-0.05, 0) is 6.92 Å². The molecule has 0 unspecified atom stereocenters. The van der Waals surface area contributed by atoms with Crippen LogP contribution in [0, 0.1) is 6.92 Å². The molecule has 0 atom stereocenters. The molecule has 0 saturated heterocycles. The lowest BCUT2D eigenvalue weighted by atomic mass is 10.1. The number of aliphatic hydroxyl groups excluding tert-OH is 1. The summed E-state index contributed by atoms with van der Waals surface area (Å²) < 4.78 is 0. The normalized spacial score (nSPS) is 10.1. The van der Waals surface area contributed by atoms with E-state index in [-0.39, 0.29) is 17.4 Å². The number of hydrogen-bond donors (Lipinski definition) is 2. The molecular formula is C9H10ClNO2. The van der Waals surface area contributed by atoms with Crippen molar-refractivity contribution in [2.24, 2.45) is 0 Å². The van der Waals surface area contributed by atoms with Crippen molar-refractivity contribution >= 4 is 16.6 Å². The fourth-order valence-electron chi connectivity index (χ4n) is 1.06. The van der Waals surface area contributed by atoms with Crippen molar-refractivity contribution in [1.82, 2.24) is 4.98 Å². The Hall–Kier alpha value is -1.06. The topological polar surface area (TPSA) is 53.4 Å². The molecule has 1 aromatic rings. The van der Waals surface area contributed by atoms with Gasteiger partial charge in [0, 0.05) is 22.4 Å². The van der Waals surface area contributed by atoms with E-state index in [0.29, 0.717) is 16.8 Å². The fourth-order valence-corrected chi connectivity index (χ4v) is 1.27. The van der Waals surface area contributed by atoms with Crippen molar-refractivity contribution in [2.75, 3.05) is 0 Å². The summed E-state index contributed by atoms with van der Waals surface area (Å²) in [6, 6.07) is 0. The van der Waals surface area contributed by atoms with Crippen LogP contribution in [0.5, 0.6) is 5.75 Å². The van der Waals surface area contributed by atoms with Crippen LogP contribution in [0.25, 0.3) is 5.03 Å². The first-order chi connectivity index (χ1) is 6.07. The summed E-state index contributed by atoms with van der Waals surface area (Å²) in [5, 5.41) is 18.7. The molecule has 0 spiro atoms. The molecule has 0 saturated carbocycles. The Bertz CT molecular complexity index is 350. The highest BCUT2D eigenvalue weighted by Gasteiger charge is 2.12. The summed E-state index contributed by atoms with van der Waals surface area (Å²) in [7, 11) is 0. The average Bonchev–Trinajstić information content (AvgIpc) is 2.08. The second-order valence-electron chi connectivity index (χ2n) is 2.66. The van der Waals surface area contributed by atoms with Gasteiger partial charge in [-0.25, -0.2) is 0 Å². The van der Waals surface area contributed by atoms with Crippen LogP contribution in [-0.4, -0.2) is 15.2 Å². The number of aryl methyl sites for hydroxylation is 1. The Labute approximate surface area is 81.3 Å². The highest BCUT2D eigenvalue weighted by molar-refractivity contribution is 6.48. The van der Waals surface area contributed by atoms with Crippen molar-refractivity contribution in [3.8, 4) is 5.75 Å². The van der Waals surface area contributed by atoms with E-state index < -0.39 is 0 Å². The zero-order chi connectivity index (χ0) is 10.0. The van der Waals surface area contributed by atoms with E-state index in [1.807, 2.05) is 0 Å². The summed E-state index contributed by atoms with van der Waals surface area (Å²) >= 11 is 5.67. The Morgan fingerprint density at radius 3 is 2.77 bits per heavy atom. The van der Waals surface area contributed by atoms with Gasteiger partial charge in [-0.3, -0.25) is 4.98 Å². The van der Waals surface area contributed by atoms with Gasteiger partial charge in [0.25, 0.3) is 0 Å². The van der Waals surface area contributed by atoms with Crippen LogP contribution in [0.15, 0.2) is 12.8 Å². The second kappa shape index (κ2) is 3.77. The van der Waals surface area contributed by atoms with Crippen molar-refractivity contribution < 1.29 is 10.2 Å².